The van der Waals surface area contributed by atoms with Crippen LogP contribution < -0.4 is 16.2 Å². The van der Waals surface area contributed by atoms with Crippen LogP contribution in [0.25, 0.3) is 0 Å². The molecule has 29 heavy (non-hydrogen) atoms. The van der Waals surface area contributed by atoms with Crippen LogP contribution in [0, 0.1) is 20.2 Å². The quantitative estimate of drug-likeness (QED) is 0.351. The van der Waals surface area contributed by atoms with E-state index >= 15 is 0 Å². The van der Waals surface area contributed by atoms with Crippen molar-refractivity contribution in [1.82, 2.24) is 9.97 Å². The number of halogens is 2. The van der Waals surface area contributed by atoms with Gasteiger partial charge in [-0.05, 0) is 24.3 Å². The molecule has 0 aliphatic rings. The number of nitrogens with zero attached hydrogens (tertiary/aromatic N) is 4. The van der Waals surface area contributed by atoms with Gasteiger partial charge < -0.3 is 5.32 Å². The van der Waals surface area contributed by atoms with Crippen LogP contribution in [0.2, 0.25) is 10.0 Å². The maximum atomic E-state index is 11.6. The SMILES string of the molecule is O=[N+]([O-])c1ccc(NNc2ncnc(Nc3cccc(Cl)c3Cl)c2[N+](=O)[O-])cc1. The van der Waals surface area contributed by atoms with E-state index in [1.54, 1.807) is 18.2 Å². The summed E-state index contributed by atoms with van der Waals surface area (Å²) in [7, 11) is 0. The Morgan fingerprint density at radius 3 is 2.21 bits per heavy atom. The molecule has 3 rings (SSSR count). The molecule has 11 nitrogen and oxygen atoms in total. The largest absolute Gasteiger partial charge is 0.355 e. The molecule has 0 bridgehead atoms. The molecule has 148 valence electrons. The molecule has 0 aliphatic heterocycles. The van der Waals surface area contributed by atoms with Crippen molar-refractivity contribution in [1.29, 1.82) is 0 Å². The Balaban J connectivity index is 1.85. The van der Waals surface area contributed by atoms with Crippen molar-refractivity contribution in [2.75, 3.05) is 16.2 Å². The third-order valence-corrected chi connectivity index (χ3v) is 4.43. The average Bonchev–Trinajstić information content (AvgIpc) is 2.70. The highest BCUT2D eigenvalue weighted by Crippen LogP contribution is 2.35. The fraction of sp³-hybridized carbons (Fsp3) is 0. The van der Waals surface area contributed by atoms with Gasteiger partial charge in [-0.15, -0.1) is 0 Å². The van der Waals surface area contributed by atoms with E-state index in [-0.39, 0.29) is 27.4 Å². The number of rotatable bonds is 7. The molecule has 0 aliphatic carbocycles. The van der Waals surface area contributed by atoms with Gasteiger partial charge in [0.2, 0.25) is 11.6 Å². The minimum Gasteiger partial charge on any atom is -0.333 e. The molecule has 0 spiro atoms. The first-order valence-electron chi connectivity index (χ1n) is 7.83. The summed E-state index contributed by atoms with van der Waals surface area (Å²) < 4.78 is 0. The second kappa shape index (κ2) is 8.54. The predicted molar refractivity (Wildman–Crippen MR) is 109 cm³/mol. The Labute approximate surface area is 173 Å². The first kappa shape index (κ1) is 20.0. The topological polar surface area (TPSA) is 148 Å². The zero-order valence-electron chi connectivity index (χ0n) is 14.3. The van der Waals surface area contributed by atoms with E-state index in [9.17, 15) is 20.2 Å². The van der Waals surface area contributed by atoms with Gasteiger partial charge in [-0.25, -0.2) is 9.97 Å². The highest BCUT2D eigenvalue weighted by Gasteiger charge is 2.24. The Bertz CT molecular complexity index is 1080. The zero-order chi connectivity index (χ0) is 21.0. The maximum absolute atomic E-state index is 11.6. The minimum absolute atomic E-state index is 0.0894. The maximum Gasteiger partial charge on any atom is 0.355 e. The van der Waals surface area contributed by atoms with E-state index in [0.29, 0.717) is 11.4 Å². The molecular formula is C16H11Cl2N7O4. The van der Waals surface area contributed by atoms with E-state index < -0.39 is 15.5 Å². The van der Waals surface area contributed by atoms with Gasteiger partial charge in [0.25, 0.3) is 5.69 Å². The van der Waals surface area contributed by atoms with Crippen LogP contribution >= 0.6 is 23.2 Å². The Kier molecular flexibility index (Phi) is 5.90. The number of benzene rings is 2. The van der Waals surface area contributed by atoms with Crippen LogP contribution in [0.15, 0.2) is 48.8 Å². The van der Waals surface area contributed by atoms with Crippen LogP contribution in [-0.4, -0.2) is 19.8 Å². The molecule has 0 radical (unpaired) electrons. The summed E-state index contributed by atoms with van der Waals surface area (Å²) in [4.78, 5) is 28.9. The molecule has 2 aromatic carbocycles. The fourth-order valence-electron chi connectivity index (χ4n) is 2.26. The lowest BCUT2D eigenvalue weighted by atomic mass is 10.3. The number of hydrazine groups is 1. The summed E-state index contributed by atoms with van der Waals surface area (Å²) in [5.41, 5.74) is 5.51. The Hall–Kier alpha value is -3.70. The molecular weight excluding hydrogens is 425 g/mol. The second-order valence-electron chi connectivity index (χ2n) is 5.46. The van der Waals surface area contributed by atoms with E-state index in [4.69, 9.17) is 23.2 Å². The molecule has 13 heteroatoms. The van der Waals surface area contributed by atoms with Crippen molar-refractivity contribution in [3.8, 4) is 0 Å². The lowest BCUT2D eigenvalue weighted by molar-refractivity contribution is -0.384. The van der Waals surface area contributed by atoms with Gasteiger partial charge in [-0.1, -0.05) is 29.3 Å². The van der Waals surface area contributed by atoms with E-state index in [2.05, 4.69) is 26.1 Å². The van der Waals surface area contributed by atoms with Gasteiger partial charge in [0, 0.05) is 12.1 Å². The van der Waals surface area contributed by atoms with Crippen molar-refractivity contribution in [3.05, 3.63) is 79.1 Å². The van der Waals surface area contributed by atoms with Crippen molar-refractivity contribution < 1.29 is 9.85 Å². The zero-order valence-corrected chi connectivity index (χ0v) is 15.8. The molecule has 1 aromatic heterocycles. The average molecular weight is 436 g/mol. The van der Waals surface area contributed by atoms with Crippen molar-refractivity contribution in [2.45, 2.75) is 0 Å². The fourth-order valence-corrected chi connectivity index (χ4v) is 2.61. The smallest absolute Gasteiger partial charge is 0.333 e. The molecule has 1 heterocycles. The standard InChI is InChI=1S/C16H11Cl2N7O4/c17-11-2-1-3-12(13(11)18)21-15-14(25(28)29)16(20-8-19-15)23-22-9-4-6-10(7-5-9)24(26)27/h1-8,22H,(H2,19,20,21,23). The van der Waals surface area contributed by atoms with Crippen molar-refractivity contribution >= 4 is 57.6 Å². The Morgan fingerprint density at radius 2 is 1.55 bits per heavy atom. The summed E-state index contributed by atoms with van der Waals surface area (Å²) in [5.74, 6) is -0.244. The number of anilines is 4. The van der Waals surface area contributed by atoms with E-state index in [1.165, 1.54) is 24.3 Å². The Morgan fingerprint density at radius 1 is 0.862 bits per heavy atom. The van der Waals surface area contributed by atoms with Crippen LogP contribution in [0.1, 0.15) is 0 Å². The van der Waals surface area contributed by atoms with Gasteiger partial charge >= 0.3 is 5.69 Å². The molecule has 0 saturated heterocycles. The number of hydrogen-bond donors (Lipinski definition) is 3. The number of non-ortho nitro benzene ring substituents is 1. The second-order valence-corrected chi connectivity index (χ2v) is 6.24. The number of aromatic nitrogens is 2. The van der Waals surface area contributed by atoms with E-state index in [0.717, 1.165) is 6.33 Å². The van der Waals surface area contributed by atoms with Gasteiger partial charge in [0.15, 0.2) is 0 Å². The normalized spacial score (nSPS) is 10.3. The van der Waals surface area contributed by atoms with Crippen LogP contribution in [0.4, 0.5) is 34.4 Å². The highest BCUT2D eigenvalue weighted by molar-refractivity contribution is 6.43. The summed E-state index contributed by atoms with van der Waals surface area (Å²) in [6.07, 6.45) is 1.12. The third kappa shape index (κ3) is 4.59. The van der Waals surface area contributed by atoms with Crippen LogP contribution in [-0.2, 0) is 0 Å². The molecule has 0 unspecified atom stereocenters. The van der Waals surface area contributed by atoms with Crippen molar-refractivity contribution in [2.24, 2.45) is 0 Å². The first-order valence-corrected chi connectivity index (χ1v) is 8.59. The third-order valence-electron chi connectivity index (χ3n) is 3.61. The van der Waals surface area contributed by atoms with Crippen LogP contribution in [0.3, 0.4) is 0 Å². The predicted octanol–water partition coefficient (Wildman–Crippen LogP) is 4.78. The summed E-state index contributed by atoms with van der Waals surface area (Å²) in [5, 5.41) is 25.5. The molecule has 0 amide bonds. The van der Waals surface area contributed by atoms with E-state index in [1.807, 2.05) is 0 Å². The lowest BCUT2D eigenvalue weighted by Crippen LogP contribution is -2.13. The summed E-state index contributed by atoms with van der Waals surface area (Å²) in [6.45, 7) is 0. The van der Waals surface area contributed by atoms with Gasteiger partial charge in [-0.3, -0.25) is 31.1 Å². The van der Waals surface area contributed by atoms with Crippen molar-refractivity contribution in [3.63, 3.8) is 0 Å². The molecule has 0 fully saturated rings. The monoisotopic (exact) mass is 435 g/mol. The summed E-state index contributed by atoms with van der Waals surface area (Å²) in [6, 6.07) is 10.2. The minimum atomic E-state index is -0.666. The highest BCUT2D eigenvalue weighted by atomic mass is 35.5. The number of hydrogen-bond acceptors (Lipinski definition) is 9. The summed E-state index contributed by atoms with van der Waals surface area (Å²) >= 11 is 12.1. The number of nitro benzene ring substituents is 1. The number of nitrogens with one attached hydrogen (secondary N) is 3. The van der Waals surface area contributed by atoms with Gasteiger partial charge in [0.05, 0.1) is 31.3 Å². The molecule has 0 saturated carbocycles. The van der Waals surface area contributed by atoms with Gasteiger partial charge in [-0.2, -0.15) is 0 Å². The first-order chi connectivity index (χ1) is 13.9. The van der Waals surface area contributed by atoms with Gasteiger partial charge in [0.1, 0.15) is 6.33 Å². The molecule has 3 aromatic rings. The molecule has 3 N–H and O–H groups in total. The lowest BCUT2D eigenvalue weighted by Gasteiger charge is -2.12. The van der Waals surface area contributed by atoms with Crippen LogP contribution in [0.5, 0.6) is 0 Å². The number of nitro groups is 2. The molecule has 0 atom stereocenters.